The summed E-state index contributed by atoms with van der Waals surface area (Å²) in [5.74, 6) is 3.79. The fraction of sp³-hybridized carbons (Fsp3) is 0.688. The van der Waals surface area contributed by atoms with Crippen LogP contribution in [0.5, 0.6) is 0 Å². The molecule has 2 aliphatic carbocycles. The molecule has 1 aromatic rings. The number of nitrogens with zero attached hydrogens (tertiary/aromatic N) is 2. The van der Waals surface area contributed by atoms with Crippen LogP contribution < -0.4 is 4.90 Å². The molecule has 3 rings (SSSR count). The average Bonchev–Trinajstić information content (AvgIpc) is 3.01. The molecule has 2 aliphatic rings. The zero-order valence-corrected chi connectivity index (χ0v) is 11.9. The van der Waals surface area contributed by atoms with E-state index in [0.29, 0.717) is 0 Å². The van der Waals surface area contributed by atoms with E-state index in [4.69, 9.17) is 0 Å². The number of anilines is 1. The highest BCUT2D eigenvalue weighted by atomic mass is 16.3. The minimum atomic E-state index is -0.419. The Labute approximate surface area is 115 Å². The van der Waals surface area contributed by atoms with Gasteiger partial charge in [-0.1, -0.05) is 6.42 Å². The molecule has 104 valence electrons. The Morgan fingerprint density at radius 1 is 1.42 bits per heavy atom. The molecule has 2 bridgehead atoms. The van der Waals surface area contributed by atoms with Crippen molar-refractivity contribution in [3.63, 3.8) is 0 Å². The second-order valence-electron chi connectivity index (χ2n) is 6.44. The van der Waals surface area contributed by atoms with Crippen molar-refractivity contribution in [2.75, 3.05) is 18.5 Å². The topological polar surface area (TPSA) is 36.4 Å². The predicted molar refractivity (Wildman–Crippen MR) is 77.1 cm³/mol. The maximum absolute atomic E-state index is 9.65. The van der Waals surface area contributed by atoms with Crippen molar-refractivity contribution in [1.29, 1.82) is 0 Å². The van der Waals surface area contributed by atoms with Crippen LogP contribution in [-0.2, 0) is 0 Å². The number of rotatable bonds is 4. The van der Waals surface area contributed by atoms with E-state index < -0.39 is 6.10 Å². The van der Waals surface area contributed by atoms with E-state index in [1.165, 1.54) is 25.7 Å². The normalized spacial score (nSPS) is 30.6. The highest BCUT2D eigenvalue weighted by Gasteiger charge is 2.39. The van der Waals surface area contributed by atoms with Crippen molar-refractivity contribution in [2.24, 2.45) is 17.8 Å². The van der Waals surface area contributed by atoms with E-state index in [2.05, 4.69) is 16.9 Å². The SMILES string of the molecule is C[C@@H](O)c1ccnc(N(C)CC2CC3CCC2C3)c1. The van der Waals surface area contributed by atoms with Crippen molar-refractivity contribution >= 4 is 5.82 Å². The Kier molecular flexibility index (Phi) is 3.48. The number of fused-ring (bicyclic) bond motifs is 2. The Bertz CT molecular complexity index is 446. The number of hydrogen-bond acceptors (Lipinski definition) is 3. The van der Waals surface area contributed by atoms with Crippen molar-refractivity contribution in [3.05, 3.63) is 23.9 Å². The second kappa shape index (κ2) is 5.12. The van der Waals surface area contributed by atoms with Crippen LogP contribution in [0.15, 0.2) is 18.3 Å². The summed E-state index contributed by atoms with van der Waals surface area (Å²) in [5.41, 5.74) is 0.949. The molecule has 2 saturated carbocycles. The Hall–Kier alpha value is -1.09. The lowest BCUT2D eigenvalue weighted by Gasteiger charge is -2.28. The second-order valence-corrected chi connectivity index (χ2v) is 6.44. The smallest absolute Gasteiger partial charge is 0.128 e. The van der Waals surface area contributed by atoms with Crippen molar-refractivity contribution in [2.45, 2.75) is 38.7 Å². The molecule has 19 heavy (non-hydrogen) atoms. The molecule has 0 spiro atoms. The van der Waals surface area contributed by atoms with E-state index in [1.807, 2.05) is 12.1 Å². The van der Waals surface area contributed by atoms with Gasteiger partial charge in [-0.05, 0) is 61.6 Å². The molecule has 1 N–H and O–H groups in total. The first kappa shape index (κ1) is 12.9. The first-order valence-corrected chi connectivity index (χ1v) is 7.48. The molecule has 3 heteroatoms. The van der Waals surface area contributed by atoms with E-state index in [-0.39, 0.29) is 0 Å². The molecule has 1 heterocycles. The van der Waals surface area contributed by atoms with Gasteiger partial charge in [0.25, 0.3) is 0 Å². The standard InChI is InChI=1S/C16H24N2O/c1-11(19)13-5-6-17-16(9-13)18(2)10-15-8-12-3-4-14(15)7-12/h5-6,9,11-12,14-15,19H,3-4,7-8,10H2,1-2H3/t11-,12?,14?,15?/m1/s1. The van der Waals surface area contributed by atoms with Crippen LogP contribution in [0.2, 0.25) is 0 Å². The summed E-state index contributed by atoms with van der Waals surface area (Å²) in [4.78, 5) is 6.70. The van der Waals surface area contributed by atoms with Crippen molar-refractivity contribution in [3.8, 4) is 0 Å². The van der Waals surface area contributed by atoms with Crippen LogP contribution in [0.1, 0.15) is 44.3 Å². The zero-order chi connectivity index (χ0) is 13.4. The summed E-state index contributed by atoms with van der Waals surface area (Å²) in [6, 6.07) is 3.90. The van der Waals surface area contributed by atoms with Crippen LogP contribution >= 0.6 is 0 Å². The van der Waals surface area contributed by atoms with Gasteiger partial charge in [0.15, 0.2) is 0 Å². The number of aromatic nitrogens is 1. The Balaban J connectivity index is 1.66. The van der Waals surface area contributed by atoms with Gasteiger partial charge in [-0.25, -0.2) is 4.98 Å². The minimum absolute atomic E-state index is 0.419. The van der Waals surface area contributed by atoms with Gasteiger partial charge in [0, 0.05) is 19.8 Å². The van der Waals surface area contributed by atoms with Crippen molar-refractivity contribution in [1.82, 2.24) is 4.98 Å². The molecule has 2 fully saturated rings. The molecule has 3 nitrogen and oxygen atoms in total. The number of aliphatic hydroxyl groups is 1. The maximum Gasteiger partial charge on any atom is 0.128 e. The van der Waals surface area contributed by atoms with E-state index in [9.17, 15) is 5.11 Å². The molecule has 0 aliphatic heterocycles. The highest BCUT2D eigenvalue weighted by molar-refractivity contribution is 5.40. The average molecular weight is 260 g/mol. The summed E-state index contributed by atoms with van der Waals surface area (Å²) in [6.07, 6.45) is 7.14. The van der Waals surface area contributed by atoms with Crippen LogP contribution in [0.25, 0.3) is 0 Å². The maximum atomic E-state index is 9.65. The summed E-state index contributed by atoms with van der Waals surface area (Å²) in [5, 5.41) is 9.65. The molecule has 0 aromatic carbocycles. The Morgan fingerprint density at radius 2 is 2.26 bits per heavy atom. The van der Waals surface area contributed by atoms with Crippen molar-refractivity contribution < 1.29 is 5.11 Å². The van der Waals surface area contributed by atoms with E-state index >= 15 is 0 Å². The van der Waals surface area contributed by atoms with Gasteiger partial charge in [-0.3, -0.25) is 0 Å². The molecule has 1 aromatic heterocycles. The molecule has 0 radical (unpaired) electrons. The minimum Gasteiger partial charge on any atom is -0.389 e. The summed E-state index contributed by atoms with van der Waals surface area (Å²) >= 11 is 0. The number of pyridine rings is 1. The number of aliphatic hydroxyl groups excluding tert-OH is 1. The number of hydrogen-bond donors (Lipinski definition) is 1. The molecule has 0 saturated heterocycles. The van der Waals surface area contributed by atoms with E-state index in [1.54, 1.807) is 13.1 Å². The van der Waals surface area contributed by atoms with Gasteiger partial charge in [0.2, 0.25) is 0 Å². The predicted octanol–water partition coefficient (Wildman–Crippen LogP) is 3.01. The van der Waals surface area contributed by atoms with Gasteiger partial charge < -0.3 is 10.0 Å². The monoisotopic (exact) mass is 260 g/mol. The van der Waals surface area contributed by atoms with Gasteiger partial charge >= 0.3 is 0 Å². The lowest BCUT2D eigenvalue weighted by atomic mass is 9.88. The zero-order valence-electron chi connectivity index (χ0n) is 11.9. The van der Waals surface area contributed by atoms with Crippen LogP contribution in [0.4, 0.5) is 5.82 Å². The van der Waals surface area contributed by atoms with Gasteiger partial charge in [0.1, 0.15) is 5.82 Å². The third-order valence-electron chi connectivity index (χ3n) is 5.04. The third kappa shape index (κ3) is 2.62. The molecular weight excluding hydrogens is 236 g/mol. The van der Waals surface area contributed by atoms with Gasteiger partial charge in [-0.15, -0.1) is 0 Å². The van der Waals surface area contributed by atoms with E-state index in [0.717, 1.165) is 35.7 Å². The summed E-state index contributed by atoms with van der Waals surface area (Å²) in [6.45, 7) is 2.91. The summed E-state index contributed by atoms with van der Waals surface area (Å²) < 4.78 is 0. The molecule has 0 amide bonds. The lowest BCUT2D eigenvalue weighted by molar-refractivity contribution is 0.199. The first-order chi connectivity index (χ1) is 9.13. The third-order valence-corrected chi connectivity index (χ3v) is 5.04. The summed E-state index contributed by atoms with van der Waals surface area (Å²) in [7, 11) is 2.13. The highest BCUT2D eigenvalue weighted by Crippen LogP contribution is 2.48. The fourth-order valence-electron chi connectivity index (χ4n) is 3.95. The largest absolute Gasteiger partial charge is 0.389 e. The molecule has 4 atom stereocenters. The van der Waals surface area contributed by atoms with Gasteiger partial charge in [-0.2, -0.15) is 0 Å². The van der Waals surface area contributed by atoms with Crippen LogP contribution in [0, 0.1) is 17.8 Å². The lowest BCUT2D eigenvalue weighted by Crippen LogP contribution is -2.29. The quantitative estimate of drug-likeness (QED) is 0.904. The van der Waals surface area contributed by atoms with Crippen LogP contribution in [0.3, 0.4) is 0 Å². The first-order valence-electron chi connectivity index (χ1n) is 7.48. The van der Waals surface area contributed by atoms with Gasteiger partial charge in [0.05, 0.1) is 6.10 Å². The Morgan fingerprint density at radius 3 is 2.89 bits per heavy atom. The molecule has 3 unspecified atom stereocenters. The molecular formula is C16H24N2O. The van der Waals surface area contributed by atoms with Crippen LogP contribution in [-0.4, -0.2) is 23.7 Å². The fourth-order valence-corrected chi connectivity index (χ4v) is 3.95.